The van der Waals surface area contributed by atoms with Gasteiger partial charge >= 0.3 is 0 Å². The number of hydrogen-bond acceptors (Lipinski definition) is 2. The second kappa shape index (κ2) is 2.95. The van der Waals surface area contributed by atoms with Crippen molar-refractivity contribution in [3.63, 3.8) is 0 Å². The number of carbonyl (C=O) groups excluding carboxylic acids is 1. The first-order valence-electron chi connectivity index (χ1n) is 3.84. The van der Waals surface area contributed by atoms with Crippen LogP contribution in [-0.2, 0) is 4.79 Å². The first-order chi connectivity index (χ1) is 5.13. The second-order valence-corrected chi connectivity index (χ2v) is 2.99. The number of nitrogens with zero attached hydrogens (tertiary/aromatic N) is 1. The van der Waals surface area contributed by atoms with Crippen molar-refractivity contribution in [2.45, 2.75) is 25.8 Å². The number of rotatable bonds is 2. The van der Waals surface area contributed by atoms with Gasteiger partial charge in [-0.1, -0.05) is 6.58 Å². The predicted molar refractivity (Wildman–Crippen MR) is 43.7 cm³/mol. The zero-order valence-corrected chi connectivity index (χ0v) is 6.84. The van der Waals surface area contributed by atoms with Crippen molar-refractivity contribution >= 4 is 5.91 Å². The molecule has 1 aliphatic rings. The van der Waals surface area contributed by atoms with E-state index in [0.29, 0.717) is 0 Å². The van der Waals surface area contributed by atoms with E-state index in [-0.39, 0.29) is 11.9 Å². The van der Waals surface area contributed by atoms with Crippen LogP contribution in [0.2, 0.25) is 0 Å². The van der Waals surface area contributed by atoms with Crippen LogP contribution in [0.1, 0.15) is 19.8 Å². The van der Waals surface area contributed by atoms with E-state index in [9.17, 15) is 4.79 Å². The highest BCUT2D eigenvalue weighted by Crippen LogP contribution is 2.20. The molecular weight excluding hydrogens is 140 g/mol. The summed E-state index contributed by atoms with van der Waals surface area (Å²) >= 11 is 0. The Morgan fingerprint density at radius 2 is 2.36 bits per heavy atom. The zero-order chi connectivity index (χ0) is 8.43. The summed E-state index contributed by atoms with van der Waals surface area (Å²) in [4.78, 5) is 12.8. The highest BCUT2D eigenvalue weighted by atomic mass is 16.1. The Kier molecular flexibility index (Phi) is 2.17. The third-order valence-corrected chi connectivity index (χ3v) is 2.07. The summed E-state index contributed by atoms with van der Waals surface area (Å²) in [6, 6.07) is -0.104. The van der Waals surface area contributed by atoms with Gasteiger partial charge in [0.15, 0.2) is 0 Å². The number of nitrogens with two attached hydrogens (primary N) is 1. The lowest BCUT2D eigenvalue weighted by atomic mass is 10.2. The topological polar surface area (TPSA) is 46.3 Å². The number of allylic oxidation sites excluding steroid dienone is 1. The molecule has 2 N–H and O–H groups in total. The van der Waals surface area contributed by atoms with E-state index in [1.807, 2.05) is 11.8 Å². The molecule has 0 aromatic heterocycles. The molecular formula is C8H14N2O. The predicted octanol–water partition coefficient (Wildman–Crippen LogP) is 0.470. The first kappa shape index (κ1) is 8.11. The van der Waals surface area contributed by atoms with Gasteiger partial charge in [-0.3, -0.25) is 4.79 Å². The summed E-state index contributed by atoms with van der Waals surface area (Å²) in [7, 11) is 0. The molecule has 1 saturated heterocycles. The molecule has 0 bridgehead atoms. The SMILES string of the molecule is C=C(C)N1CCC[C@H]1C(N)=O. The number of likely N-dealkylation sites (tertiary alicyclic amines) is 1. The van der Waals surface area contributed by atoms with Gasteiger partial charge in [0.25, 0.3) is 0 Å². The van der Waals surface area contributed by atoms with Crippen molar-refractivity contribution < 1.29 is 4.79 Å². The van der Waals surface area contributed by atoms with Crippen molar-refractivity contribution in [3.8, 4) is 0 Å². The van der Waals surface area contributed by atoms with Gasteiger partial charge in [0.1, 0.15) is 6.04 Å². The average molecular weight is 154 g/mol. The van der Waals surface area contributed by atoms with Crippen molar-refractivity contribution in [2.24, 2.45) is 5.73 Å². The van der Waals surface area contributed by atoms with Crippen LogP contribution in [0.15, 0.2) is 12.3 Å². The Balaban J connectivity index is 2.65. The maximum Gasteiger partial charge on any atom is 0.240 e. The van der Waals surface area contributed by atoms with Crippen LogP contribution in [0.25, 0.3) is 0 Å². The van der Waals surface area contributed by atoms with Crippen LogP contribution < -0.4 is 5.73 Å². The lowest BCUT2D eigenvalue weighted by molar-refractivity contribution is -0.121. The van der Waals surface area contributed by atoms with Gasteiger partial charge in [-0.25, -0.2) is 0 Å². The summed E-state index contributed by atoms with van der Waals surface area (Å²) in [5.41, 5.74) is 6.14. The molecule has 0 saturated carbocycles. The van der Waals surface area contributed by atoms with E-state index in [2.05, 4.69) is 6.58 Å². The molecule has 0 aromatic carbocycles. The molecule has 3 heteroatoms. The number of primary amides is 1. The van der Waals surface area contributed by atoms with E-state index < -0.39 is 0 Å². The summed E-state index contributed by atoms with van der Waals surface area (Å²) in [5.74, 6) is -0.231. The lowest BCUT2D eigenvalue weighted by Crippen LogP contribution is -2.38. The molecule has 1 atom stereocenters. The molecule has 1 heterocycles. The Labute approximate surface area is 66.9 Å². The highest BCUT2D eigenvalue weighted by molar-refractivity contribution is 5.80. The van der Waals surface area contributed by atoms with Gasteiger partial charge in [0.05, 0.1) is 0 Å². The maximum absolute atomic E-state index is 10.9. The Bertz CT molecular complexity index is 169. The molecule has 1 rings (SSSR count). The Hall–Kier alpha value is -0.990. The third kappa shape index (κ3) is 1.53. The van der Waals surface area contributed by atoms with Gasteiger partial charge in [-0.15, -0.1) is 0 Å². The van der Waals surface area contributed by atoms with Crippen molar-refractivity contribution in [2.75, 3.05) is 6.54 Å². The van der Waals surface area contributed by atoms with Crippen LogP contribution in [0.3, 0.4) is 0 Å². The number of carbonyl (C=O) groups is 1. The molecule has 62 valence electrons. The first-order valence-corrected chi connectivity index (χ1v) is 3.84. The molecule has 11 heavy (non-hydrogen) atoms. The quantitative estimate of drug-likeness (QED) is 0.628. The summed E-state index contributed by atoms with van der Waals surface area (Å²) in [6.07, 6.45) is 1.92. The molecule has 1 aliphatic heterocycles. The molecule has 0 aromatic rings. The number of amides is 1. The normalized spacial score (nSPS) is 23.7. The minimum atomic E-state index is -0.231. The molecule has 0 aliphatic carbocycles. The Morgan fingerprint density at radius 3 is 2.73 bits per heavy atom. The van der Waals surface area contributed by atoms with E-state index in [1.54, 1.807) is 0 Å². The van der Waals surface area contributed by atoms with Crippen LogP contribution in [0.5, 0.6) is 0 Å². The third-order valence-electron chi connectivity index (χ3n) is 2.07. The van der Waals surface area contributed by atoms with Crippen molar-refractivity contribution in [1.82, 2.24) is 4.90 Å². The molecule has 0 radical (unpaired) electrons. The maximum atomic E-state index is 10.9. The molecule has 1 amide bonds. The van der Waals surface area contributed by atoms with Crippen molar-refractivity contribution in [1.29, 1.82) is 0 Å². The second-order valence-electron chi connectivity index (χ2n) is 2.99. The highest BCUT2D eigenvalue weighted by Gasteiger charge is 2.27. The number of hydrogen-bond donors (Lipinski definition) is 1. The minimum Gasteiger partial charge on any atom is -0.368 e. The fourth-order valence-electron chi connectivity index (χ4n) is 1.52. The fourth-order valence-corrected chi connectivity index (χ4v) is 1.52. The minimum absolute atomic E-state index is 0.104. The zero-order valence-electron chi connectivity index (χ0n) is 6.84. The van der Waals surface area contributed by atoms with E-state index in [1.165, 1.54) is 0 Å². The fraction of sp³-hybridized carbons (Fsp3) is 0.625. The van der Waals surface area contributed by atoms with E-state index >= 15 is 0 Å². The van der Waals surface area contributed by atoms with Crippen LogP contribution in [0, 0.1) is 0 Å². The van der Waals surface area contributed by atoms with Crippen molar-refractivity contribution in [3.05, 3.63) is 12.3 Å². The molecule has 1 fully saturated rings. The van der Waals surface area contributed by atoms with Crippen LogP contribution >= 0.6 is 0 Å². The van der Waals surface area contributed by atoms with Gasteiger partial charge in [0, 0.05) is 12.2 Å². The standard InChI is InChI=1S/C8H14N2O/c1-6(2)10-5-3-4-7(10)8(9)11/h7H,1,3-5H2,2H3,(H2,9,11)/t7-/m0/s1. The van der Waals surface area contributed by atoms with Gasteiger partial charge in [-0.05, 0) is 19.8 Å². The smallest absolute Gasteiger partial charge is 0.240 e. The lowest BCUT2D eigenvalue weighted by Gasteiger charge is -2.23. The van der Waals surface area contributed by atoms with Gasteiger partial charge in [-0.2, -0.15) is 0 Å². The van der Waals surface area contributed by atoms with Gasteiger partial charge < -0.3 is 10.6 Å². The van der Waals surface area contributed by atoms with Crippen LogP contribution in [-0.4, -0.2) is 23.4 Å². The monoisotopic (exact) mass is 154 g/mol. The largest absolute Gasteiger partial charge is 0.368 e. The molecule has 0 unspecified atom stereocenters. The summed E-state index contributed by atoms with van der Waals surface area (Å²) in [6.45, 7) is 6.61. The average Bonchev–Trinajstić information content (AvgIpc) is 2.32. The van der Waals surface area contributed by atoms with Crippen LogP contribution in [0.4, 0.5) is 0 Å². The summed E-state index contributed by atoms with van der Waals surface area (Å²) < 4.78 is 0. The van der Waals surface area contributed by atoms with E-state index in [4.69, 9.17) is 5.73 Å². The Morgan fingerprint density at radius 1 is 1.73 bits per heavy atom. The van der Waals surface area contributed by atoms with E-state index in [0.717, 1.165) is 25.1 Å². The molecule has 0 spiro atoms. The van der Waals surface area contributed by atoms with Gasteiger partial charge in [0.2, 0.25) is 5.91 Å². The molecule has 3 nitrogen and oxygen atoms in total. The summed E-state index contributed by atoms with van der Waals surface area (Å²) in [5, 5.41) is 0.